The number of benzene rings is 11. The van der Waals surface area contributed by atoms with Crippen molar-refractivity contribution in [3.05, 3.63) is 182 Å². The summed E-state index contributed by atoms with van der Waals surface area (Å²) < 4.78 is 0. The normalized spacial score (nSPS) is 12.0. The predicted octanol–water partition coefficient (Wildman–Crippen LogP) is 14.2. The number of rotatable bonds is 2. The van der Waals surface area contributed by atoms with E-state index in [9.17, 15) is 0 Å². The van der Waals surface area contributed by atoms with Crippen LogP contribution in [-0.2, 0) is 0 Å². The van der Waals surface area contributed by atoms with Gasteiger partial charge < -0.3 is 0 Å². The molecule has 0 aromatic heterocycles. The molecule has 0 fully saturated rings. The quantitative estimate of drug-likeness (QED) is 0.167. The van der Waals surface area contributed by atoms with Crippen molar-refractivity contribution < 1.29 is 0 Å². The summed E-state index contributed by atoms with van der Waals surface area (Å²) >= 11 is 0. The second-order valence-electron chi connectivity index (χ2n) is 13.5. The summed E-state index contributed by atoms with van der Waals surface area (Å²) in [7, 11) is 0. The Kier molecular flexibility index (Phi) is 5.76. The van der Waals surface area contributed by atoms with Gasteiger partial charge in [0.2, 0.25) is 0 Å². The maximum absolute atomic E-state index is 2.47. The van der Waals surface area contributed by atoms with Crippen molar-refractivity contribution in [3.63, 3.8) is 0 Å². The van der Waals surface area contributed by atoms with Crippen molar-refractivity contribution in [2.75, 3.05) is 0 Å². The molecule has 0 nitrogen and oxygen atoms in total. The van der Waals surface area contributed by atoms with E-state index in [2.05, 4.69) is 182 Å². The van der Waals surface area contributed by atoms with E-state index in [1.54, 1.807) is 0 Å². The van der Waals surface area contributed by atoms with Crippen LogP contribution in [0.1, 0.15) is 0 Å². The van der Waals surface area contributed by atoms with Crippen LogP contribution in [-0.4, -0.2) is 0 Å². The maximum atomic E-state index is 2.47. The lowest BCUT2D eigenvalue weighted by molar-refractivity contribution is 1.64. The van der Waals surface area contributed by atoms with Gasteiger partial charge in [0.25, 0.3) is 0 Å². The first-order chi connectivity index (χ1) is 24.8. The van der Waals surface area contributed by atoms with Gasteiger partial charge in [-0.2, -0.15) is 0 Å². The molecule has 230 valence electrons. The topological polar surface area (TPSA) is 0 Å². The fourth-order valence-electron chi connectivity index (χ4n) is 8.93. The van der Waals surface area contributed by atoms with Gasteiger partial charge in [0, 0.05) is 0 Å². The second-order valence-corrected chi connectivity index (χ2v) is 13.5. The summed E-state index contributed by atoms with van der Waals surface area (Å²) in [5, 5.41) is 20.7. The fourth-order valence-corrected chi connectivity index (χ4v) is 8.93. The molecule has 0 radical (unpaired) electrons. The van der Waals surface area contributed by atoms with Crippen molar-refractivity contribution in [2.45, 2.75) is 0 Å². The fraction of sp³-hybridized carbons (Fsp3) is 0. The first kappa shape index (κ1) is 27.5. The van der Waals surface area contributed by atoms with Crippen LogP contribution in [0.4, 0.5) is 0 Å². The van der Waals surface area contributed by atoms with Gasteiger partial charge in [-0.05, 0) is 121 Å². The molecule has 0 bridgehead atoms. The molecule has 0 heterocycles. The first-order valence-electron chi connectivity index (χ1n) is 17.4. The molecule has 0 saturated carbocycles. The molecule has 0 aliphatic heterocycles. The van der Waals surface area contributed by atoms with E-state index in [-0.39, 0.29) is 0 Å². The van der Waals surface area contributed by atoms with E-state index < -0.39 is 0 Å². The number of fused-ring (bicyclic) bond motifs is 16. The summed E-state index contributed by atoms with van der Waals surface area (Å²) in [5.74, 6) is 0. The maximum Gasteiger partial charge on any atom is -0.00199 e. The second kappa shape index (κ2) is 10.5. The lowest BCUT2D eigenvalue weighted by atomic mass is 9.83. The summed E-state index contributed by atoms with van der Waals surface area (Å²) in [6, 6.07) is 67.6. The summed E-state index contributed by atoms with van der Waals surface area (Å²) in [6.45, 7) is 0. The molecule has 0 aliphatic rings. The molecule has 0 aliphatic carbocycles. The van der Waals surface area contributed by atoms with Gasteiger partial charge in [-0.3, -0.25) is 0 Å². The Morgan fingerprint density at radius 2 is 0.380 bits per heavy atom. The Bertz CT molecular complexity index is 2980. The monoisotopic (exact) mass is 630 g/mol. The van der Waals surface area contributed by atoms with Crippen LogP contribution in [0, 0.1) is 0 Å². The number of hydrogen-bond donors (Lipinski definition) is 0. The van der Waals surface area contributed by atoms with Crippen molar-refractivity contribution in [3.8, 4) is 22.3 Å². The van der Waals surface area contributed by atoms with Gasteiger partial charge in [-0.25, -0.2) is 0 Å². The molecule has 11 aromatic carbocycles. The van der Waals surface area contributed by atoms with E-state index in [1.165, 1.54) is 108 Å². The molecular formula is C50H30. The van der Waals surface area contributed by atoms with E-state index >= 15 is 0 Å². The molecule has 0 atom stereocenters. The first-order valence-corrected chi connectivity index (χ1v) is 17.4. The molecule has 0 N–H and O–H groups in total. The Balaban J connectivity index is 1.30. The van der Waals surface area contributed by atoms with Crippen molar-refractivity contribution in [2.24, 2.45) is 0 Å². The van der Waals surface area contributed by atoms with Crippen LogP contribution < -0.4 is 0 Å². The SMILES string of the molecule is c1ccc(-c2cc3c4ccccc4c4ccccc4c3c3ccccc23)c(-c2cc3c4ccccc4c4ccccc4c3c3ccccc23)c1. The summed E-state index contributed by atoms with van der Waals surface area (Å²) in [5.41, 5.74) is 5.02. The van der Waals surface area contributed by atoms with Crippen LogP contribution >= 0.6 is 0 Å². The van der Waals surface area contributed by atoms with Crippen LogP contribution in [0.2, 0.25) is 0 Å². The van der Waals surface area contributed by atoms with E-state index in [4.69, 9.17) is 0 Å². The molecular weight excluding hydrogens is 601 g/mol. The minimum absolute atomic E-state index is 1.25. The molecule has 11 aromatic rings. The number of hydrogen-bond acceptors (Lipinski definition) is 0. The average molecular weight is 631 g/mol. The Hall–Kier alpha value is -6.50. The molecule has 0 heteroatoms. The largest absolute Gasteiger partial charge is 0.0616 e. The lowest BCUT2D eigenvalue weighted by Crippen LogP contribution is -1.92. The summed E-state index contributed by atoms with van der Waals surface area (Å²) in [4.78, 5) is 0. The average Bonchev–Trinajstić information content (AvgIpc) is 3.20. The highest BCUT2D eigenvalue weighted by Gasteiger charge is 2.20. The third kappa shape index (κ3) is 3.76. The molecule has 0 amide bonds. The molecule has 0 saturated heterocycles. The predicted molar refractivity (Wildman–Crippen MR) is 217 cm³/mol. The zero-order valence-electron chi connectivity index (χ0n) is 27.3. The van der Waals surface area contributed by atoms with Gasteiger partial charge in [0.1, 0.15) is 0 Å². The third-order valence-corrected chi connectivity index (χ3v) is 11.0. The smallest absolute Gasteiger partial charge is 0.00199 e. The van der Waals surface area contributed by atoms with Crippen LogP contribution in [0.25, 0.3) is 108 Å². The standard InChI is InChI=1S/C50H30/c1-5-21-37-31(15-1)33-17-7-11-25-41(33)49-43-27-13-9-23-39(43)45(29-47(37)49)35-19-3-4-20-36(35)46-30-48-38-22-6-2-16-32(38)34-18-8-12-26-42(34)50(48)44-28-14-10-24-40(44)46/h1-30H. The Morgan fingerprint density at radius 3 is 0.720 bits per heavy atom. The van der Waals surface area contributed by atoms with Gasteiger partial charge >= 0.3 is 0 Å². The summed E-state index contributed by atoms with van der Waals surface area (Å²) in [6.07, 6.45) is 0. The van der Waals surface area contributed by atoms with Crippen molar-refractivity contribution >= 4 is 86.2 Å². The minimum Gasteiger partial charge on any atom is -0.0616 e. The highest BCUT2D eigenvalue weighted by Crippen LogP contribution is 2.47. The molecule has 0 spiro atoms. The van der Waals surface area contributed by atoms with E-state index in [1.807, 2.05) is 0 Å². The van der Waals surface area contributed by atoms with Crippen molar-refractivity contribution in [1.29, 1.82) is 0 Å². The molecule has 0 unspecified atom stereocenters. The van der Waals surface area contributed by atoms with E-state index in [0.717, 1.165) is 0 Å². The Labute approximate surface area is 289 Å². The van der Waals surface area contributed by atoms with Gasteiger partial charge in [0.05, 0.1) is 0 Å². The van der Waals surface area contributed by atoms with Gasteiger partial charge in [-0.1, -0.05) is 170 Å². The molecule has 11 rings (SSSR count). The highest BCUT2D eigenvalue weighted by atomic mass is 14.2. The molecule has 50 heavy (non-hydrogen) atoms. The zero-order valence-corrected chi connectivity index (χ0v) is 27.3. The minimum atomic E-state index is 1.25. The third-order valence-electron chi connectivity index (χ3n) is 11.0. The van der Waals surface area contributed by atoms with Crippen LogP contribution in [0.3, 0.4) is 0 Å². The lowest BCUT2D eigenvalue weighted by Gasteiger charge is -2.20. The van der Waals surface area contributed by atoms with Crippen molar-refractivity contribution in [1.82, 2.24) is 0 Å². The van der Waals surface area contributed by atoms with Crippen LogP contribution in [0.15, 0.2) is 182 Å². The van der Waals surface area contributed by atoms with Gasteiger partial charge in [0.15, 0.2) is 0 Å². The Morgan fingerprint density at radius 1 is 0.160 bits per heavy atom. The van der Waals surface area contributed by atoms with Gasteiger partial charge in [-0.15, -0.1) is 0 Å². The highest BCUT2D eigenvalue weighted by molar-refractivity contribution is 6.35. The van der Waals surface area contributed by atoms with Crippen LogP contribution in [0.5, 0.6) is 0 Å². The zero-order chi connectivity index (χ0) is 32.8. The van der Waals surface area contributed by atoms with E-state index in [0.29, 0.717) is 0 Å².